The van der Waals surface area contributed by atoms with E-state index < -0.39 is 0 Å². The van der Waals surface area contributed by atoms with Gasteiger partial charge in [-0.1, -0.05) is 19.9 Å². The molecule has 0 aliphatic carbocycles. The molecule has 2 nitrogen and oxygen atoms in total. The maximum atomic E-state index is 13.7. The van der Waals surface area contributed by atoms with Crippen LogP contribution >= 0.6 is 11.3 Å². The fourth-order valence-electron chi connectivity index (χ4n) is 2.04. The molecule has 1 heterocycles. The van der Waals surface area contributed by atoms with E-state index >= 15 is 0 Å². The van der Waals surface area contributed by atoms with Gasteiger partial charge in [-0.2, -0.15) is 5.26 Å². The molecule has 20 heavy (non-hydrogen) atoms. The van der Waals surface area contributed by atoms with Crippen molar-refractivity contribution in [3.63, 3.8) is 0 Å². The van der Waals surface area contributed by atoms with Gasteiger partial charge in [-0.3, -0.25) is 0 Å². The van der Waals surface area contributed by atoms with Crippen molar-refractivity contribution in [2.45, 2.75) is 25.8 Å². The van der Waals surface area contributed by atoms with E-state index in [2.05, 4.69) is 30.6 Å². The van der Waals surface area contributed by atoms with Gasteiger partial charge in [0.15, 0.2) is 0 Å². The highest BCUT2D eigenvalue weighted by atomic mass is 32.1. The molecule has 2 aromatic rings. The maximum Gasteiger partial charge on any atom is 0.127 e. The van der Waals surface area contributed by atoms with E-state index in [1.165, 1.54) is 17.0 Å². The fourth-order valence-corrected chi connectivity index (χ4v) is 2.89. The van der Waals surface area contributed by atoms with Gasteiger partial charge in [0.05, 0.1) is 11.6 Å². The molecule has 1 aromatic carbocycles. The molecule has 4 heteroatoms. The number of hydrogen-bond acceptors (Lipinski definition) is 3. The zero-order valence-electron chi connectivity index (χ0n) is 11.6. The van der Waals surface area contributed by atoms with Gasteiger partial charge < -0.3 is 5.32 Å². The van der Waals surface area contributed by atoms with Crippen LogP contribution in [0.2, 0.25) is 0 Å². The van der Waals surface area contributed by atoms with Gasteiger partial charge in [-0.15, -0.1) is 11.3 Å². The summed E-state index contributed by atoms with van der Waals surface area (Å²) in [5.74, 6) is -0.273. The van der Waals surface area contributed by atoms with Gasteiger partial charge in [0.2, 0.25) is 0 Å². The van der Waals surface area contributed by atoms with E-state index in [1.807, 2.05) is 12.1 Å². The Labute approximate surface area is 122 Å². The monoisotopic (exact) mass is 288 g/mol. The minimum absolute atomic E-state index is 0.0114. The van der Waals surface area contributed by atoms with Gasteiger partial charge in [0, 0.05) is 28.9 Å². The smallest absolute Gasteiger partial charge is 0.127 e. The fraction of sp³-hybridized carbons (Fsp3) is 0.312. The van der Waals surface area contributed by atoms with Crippen LogP contribution in [0.5, 0.6) is 0 Å². The first kappa shape index (κ1) is 14.7. The lowest BCUT2D eigenvalue weighted by atomic mass is 9.91. The predicted octanol–water partition coefficient (Wildman–Crippen LogP) is 3.83. The molecule has 0 spiro atoms. The lowest BCUT2D eigenvalue weighted by Gasteiger charge is -2.23. The summed E-state index contributed by atoms with van der Waals surface area (Å²) in [4.78, 5) is 1.30. The number of halogens is 1. The summed E-state index contributed by atoms with van der Waals surface area (Å²) >= 11 is 1.73. The topological polar surface area (TPSA) is 35.8 Å². The summed E-state index contributed by atoms with van der Waals surface area (Å²) in [5, 5.41) is 14.2. The lowest BCUT2D eigenvalue weighted by molar-refractivity contribution is 0.471. The highest BCUT2D eigenvalue weighted by Crippen LogP contribution is 2.26. The number of nitriles is 1. The van der Waals surface area contributed by atoms with Gasteiger partial charge in [-0.05, 0) is 29.6 Å². The van der Waals surface area contributed by atoms with Gasteiger partial charge in [0.1, 0.15) is 5.82 Å². The molecule has 0 radical (unpaired) electrons. The van der Waals surface area contributed by atoms with Crippen molar-refractivity contribution >= 4 is 11.3 Å². The third-order valence-electron chi connectivity index (χ3n) is 3.25. The second-order valence-electron chi connectivity index (χ2n) is 5.38. The molecule has 2 rings (SSSR count). The molecule has 104 valence electrons. The molecular formula is C16H17FN2S. The van der Waals surface area contributed by atoms with Crippen molar-refractivity contribution in [2.24, 2.45) is 0 Å². The van der Waals surface area contributed by atoms with E-state index in [9.17, 15) is 4.39 Å². The van der Waals surface area contributed by atoms with Crippen LogP contribution in [0.1, 0.15) is 29.9 Å². The van der Waals surface area contributed by atoms with Crippen LogP contribution in [0.4, 0.5) is 4.39 Å². The first-order valence-electron chi connectivity index (χ1n) is 6.46. The van der Waals surface area contributed by atoms with E-state index in [0.717, 1.165) is 6.54 Å². The number of nitrogens with one attached hydrogen (secondary N) is 1. The molecule has 0 amide bonds. The van der Waals surface area contributed by atoms with Crippen molar-refractivity contribution in [3.8, 4) is 6.07 Å². The molecule has 0 saturated heterocycles. The number of hydrogen-bond donors (Lipinski definition) is 1. The molecular weight excluding hydrogens is 271 g/mol. The predicted molar refractivity (Wildman–Crippen MR) is 80.2 cm³/mol. The van der Waals surface area contributed by atoms with Gasteiger partial charge in [0.25, 0.3) is 0 Å². The SMILES string of the molecule is CC(C)(CNCc1cc(C#N)ccc1F)c1cccs1. The molecule has 0 saturated carbocycles. The Bertz CT molecular complexity index is 612. The number of nitrogens with zero attached hydrogens (tertiary/aromatic N) is 1. The molecule has 0 atom stereocenters. The van der Waals surface area contributed by atoms with Crippen LogP contribution in [0.15, 0.2) is 35.7 Å². The lowest BCUT2D eigenvalue weighted by Crippen LogP contribution is -2.32. The third kappa shape index (κ3) is 3.44. The van der Waals surface area contributed by atoms with Crippen LogP contribution in [-0.4, -0.2) is 6.54 Å². The minimum atomic E-state index is -0.273. The van der Waals surface area contributed by atoms with Crippen LogP contribution in [-0.2, 0) is 12.0 Å². The van der Waals surface area contributed by atoms with Crippen molar-refractivity contribution < 1.29 is 4.39 Å². The Morgan fingerprint density at radius 1 is 1.35 bits per heavy atom. The van der Waals surface area contributed by atoms with Crippen molar-refractivity contribution in [1.29, 1.82) is 5.26 Å². The van der Waals surface area contributed by atoms with Gasteiger partial charge in [-0.25, -0.2) is 4.39 Å². The van der Waals surface area contributed by atoms with Crippen LogP contribution in [0.3, 0.4) is 0 Å². The van der Waals surface area contributed by atoms with E-state index in [-0.39, 0.29) is 11.2 Å². The van der Waals surface area contributed by atoms with Crippen molar-refractivity contribution in [3.05, 3.63) is 57.5 Å². The summed E-state index contributed by atoms with van der Waals surface area (Å²) in [6, 6.07) is 10.6. The Balaban J connectivity index is 1.98. The first-order chi connectivity index (χ1) is 9.53. The molecule has 0 aliphatic heterocycles. The minimum Gasteiger partial charge on any atom is -0.312 e. The van der Waals surface area contributed by atoms with E-state index in [0.29, 0.717) is 17.7 Å². The van der Waals surface area contributed by atoms with Crippen LogP contribution in [0.25, 0.3) is 0 Å². The number of benzene rings is 1. The summed E-state index contributed by atoms with van der Waals surface area (Å²) in [7, 11) is 0. The maximum absolute atomic E-state index is 13.7. The first-order valence-corrected chi connectivity index (χ1v) is 7.34. The van der Waals surface area contributed by atoms with E-state index in [1.54, 1.807) is 17.4 Å². The Morgan fingerprint density at radius 2 is 2.15 bits per heavy atom. The van der Waals surface area contributed by atoms with Gasteiger partial charge >= 0.3 is 0 Å². The summed E-state index contributed by atoms with van der Waals surface area (Å²) in [5.41, 5.74) is 1.03. The normalized spacial score (nSPS) is 11.3. The molecule has 0 unspecified atom stereocenters. The van der Waals surface area contributed by atoms with Crippen LogP contribution < -0.4 is 5.32 Å². The second kappa shape index (κ2) is 6.17. The molecule has 0 bridgehead atoms. The Morgan fingerprint density at radius 3 is 2.80 bits per heavy atom. The zero-order valence-corrected chi connectivity index (χ0v) is 12.4. The standard InChI is InChI=1S/C16H17FN2S/c1-16(2,15-4-3-7-20-15)11-19-10-13-8-12(9-18)5-6-14(13)17/h3-8,19H,10-11H2,1-2H3. The van der Waals surface area contributed by atoms with Crippen molar-refractivity contribution in [2.75, 3.05) is 6.54 Å². The van der Waals surface area contributed by atoms with E-state index in [4.69, 9.17) is 5.26 Å². The highest BCUT2D eigenvalue weighted by molar-refractivity contribution is 7.10. The molecule has 1 aromatic heterocycles. The average Bonchev–Trinajstić information content (AvgIpc) is 2.95. The van der Waals surface area contributed by atoms with Crippen molar-refractivity contribution in [1.82, 2.24) is 5.32 Å². The average molecular weight is 288 g/mol. The highest BCUT2D eigenvalue weighted by Gasteiger charge is 2.21. The summed E-state index contributed by atoms with van der Waals surface area (Å²) in [6.07, 6.45) is 0. The number of rotatable bonds is 5. The largest absolute Gasteiger partial charge is 0.312 e. The van der Waals surface area contributed by atoms with Crippen LogP contribution in [0, 0.1) is 17.1 Å². The third-order valence-corrected chi connectivity index (χ3v) is 4.48. The Kier molecular flexibility index (Phi) is 4.53. The molecule has 0 aliphatic rings. The Hall–Kier alpha value is -1.70. The summed E-state index contributed by atoms with van der Waals surface area (Å²) < 4.78 is 13.7. The molecule has 0 fully saturated rings. The number of thiophene rings is 1. The molecule has 1 N–H and O–H groups in total. The zero-order chi connectivity index (χ0) is 14.6. The summed E-state index contributed by atoms with van der Waals surface area (Å²) in [6.45, 7) is 5.50. The second-order valence-corrected chi connectivity index (χ2v) is 6.33. The quantitative estimate of drug-likeness (QED) is 0.907.